The zero-order valence-corrected chi connectivity index (χ0v) is 22.1. The summed E-state index contributed by atoms with van der Waals surface area (Å²) in [5.74, 6) is -0.834. The number of hydrogen-bond acceptors (Lipinski definition) is 3. The normalized spacial score (nSPS) is 14.0. The van der Waals surface area contributed by atoms with Gasteiger partial charge in [-0.05, 0) is 59.8 Å². The maximum Gasteiger partial charge on any atom is 0.265 e. The molecule has 1 fully saturated rings. The summed E-state index contributed by atoms with van der Waals surface area (Å²) in [6.07, 6.45) is 1.68. The topological polar surface area (TPSA) is 45.6 Å². The van der Waals surface area contributed by atoms with Crippen LogP contribution in [-0.4, -0.2) is 45.4 Å². The molecule has 0 bridgehead atoms. The second kappa shape index (κ2) is 9.68. The highest BCUT2D eigenvalue weighted by molar-refractivity contribution is 9.10. The molecule has 0 saturated carbocycles. The molecule has 4 aromatic rings. The van der Waals surface area contributed by atoms with Crippen molar-refractivity contribution in [2.45, 2.75) is 0 Å². The highest BCUT2D eigenvalue weighted by Gasteiger charge is 2.35. The van der Waals surface area contributed by atoms with E-state index in [-0.39, 0.29) is 10.7 Å². The molecule has 0 atom stereocenters. The minimum atomic E-state index is -0.417. The molecule has 2 amide bonds. The van der Waals surface area contributed by atoms with Crippen molar-refractivity contribution >= 4 is 51.2 Å². The van der Waals surface area contributed by atoms with Crippen LogP contribution >= 0.6 is 28.1 Å². The van der Waals surface area contributed by atoms with Crippen LogP contribution in [0.4, 0.5) is 0 Å². The van der Waals surface area contributed by atoms with E-state index in [1.54, 1.807) is 20.2 Å². The highest BCUT2D eigenvalue weighted by Crippen LogP contribution is 2.38. The van der Waals surface area contributed by atoms with Gasteiger partial charge < -0.3 is 4.57 Å². The number of thiocarbonyl (C=S) groups is 1. The van der Waals surface area contributed by atoms with Crippen LogP contribution in [0.25, 0.3) is 34.3 Å². The summed E-state index contributed by atoms with van der Waals surface area (Å²) >= 11 is 8.79. The molecule has 2 heterocycles. The third kappa shape index (κ3) is 4.21. The first-order valence-electron chi connectivity index (χ1n) is 11.3. The molecule has 5 nitrogen and oxygen atoms in total. The minimum absolute atomic E-state index is 0.0679. The monoisotopic (exact) mass is 555 g/mol. The number of aromatic nitrogens is 1. The van der Waals surface area contributed by atoms with E-state index in [4.69, 9.17) is 12.2 Å². The second-order valence-corrected chi connectivity index (χ2v) is 9.73. The van der Waals surface area contributed by atoms with Crippen LogP contribution in [0.1, 0.15) is 5.56 Å². The molecule has 0 unspecified atom stereocenters. The molecular weight excluding hydrogens is 534 g/mol. The maximum absolute atomic E-state index is 13.1. The molecule has 5 rings (SSSR count). The van der Waals surface area contributed by atoms with Crippen molar-refractivity contribution < 1.29 is 9.59 Å². The van der Waals surface area contributed by atoms with Gasteiger partial charge in [0.15, 0.2) is 5.11 Å². The van der Waals surface area contributed by atoms with E-state index in [0.29, 0.717) is 0 Å². The molecule has 0 spiro atoms. The van der Waals surface area contributed by atoms with Crippen molar-refractivity contribution in [1.82, 2.24) is 14.4 Å². The van der Waals surface area contributed by atoms with Gasteiger partial charge in [0.2, 0.25) is 0 Å². The molecule has 1 aliphatic heterocycles. The van der Waals surface area contributed by atoms with Crippen LogP contribution in [-0.2, 0) is 9.59 Å². The first-order chi connectivity index (χ1) is 17.4. The number of benzene rings is 3. The van der Waals surface area contributed by atoms with Crippen LogP contribution < -0.4 is 0 Å². The van der Waals surface area contributed by atoms with Crippen molar-refractivity contribution in [2.24, 2.45) is 0 Å². The lowest BCUT2D eigenvalue weighted by atomic mass is 10.0. The van der Waals surface area contributed by atoms with Crippen molar-refractivity contribution in [3.63, 3.8) is 0 Å². The Morgan fingerprint density at radius 3 is 1.83 bits per heavy atom. The fourth-order valence-electron chi connectivity index (χ4n) is 4.34. The first-order valence-corrected chi connectivity index (χ1v) is 12.5. The summed E-state index contributed by atoms with van der Waals surface area (Å²) in [7, 11) is 3.17. The van der Waals surface area contributed by atoms with Gasteiger partial charge in [-0.25, -0.2) is 0 Å². The van der Waals surface area contributed by atoms with E-state index in [1.165, 1.54) is 9.80 Å². The third-order valence-corrected chi connectivity index (χ3v) is 7.25. The predicted octanol–water partition coefficient (Wildman–Crippen LogP) is 6.17. The number of likely N-dealkylation sites (N-methyl/N-ethyl adjacent to an activating group) is 2. The number of amides is 2. The maximum atomic E-state index is 13.1. The molecule has 36 heavy (non-hydrogen) atoms. The Kier molecular flexibility index (Phi) is 6.43. The van der Waals surface area contributed by atoms with Gasteiger partial charge in [0.25, 0.3) is 11.8 Å². The highest BCUT2D eigenvalue weighted by atomic mass is 79.9. The third-order valence-electron chi connectivity index (χ3n) is 6.18. The number of halogens is 1. The molecule has 0 radical (unpaired) electrons. The van der Waals surface area contributed by atoms with Gasteiger partial charge in [-0.2, -0.15) is 0 Å². The van der Waals surface area contributed by atoms with E-state index < -0.39 is 11.8 Å². The minimum Gasteiger partial charge on any atom is -0.309 e. The Morgan fingerprint density at radius 1 is 0.750 bits per heavy atom. The first kappa shape index (κ1) is 23.9. The lowest BCUT2D eigenvalue weighted by molar-refractivity contribution is -0.132. The quantitative estimate of drug-likeness (QED) is 0.172. The van der Waals surface area contributed by atoms with Crippen molar-refractivity contribution in [3.8, 4) is 28.2 Å². The zero-order valence-electron chi connectivity index (χ0n) is 19.7. The molecular formula is C29H22BrN3O2S. The Labute approximate surface area is 223 Å². The van der Waals surface area contributed by atoms with Gasteiger partial charge in [0.05, 0.1) is 11.4 Å². The van der Waals surface area contributed by atoms with E-state index in [2.05, 4.69) is 20.5 Å². The molecule has 3 aromatic carbocycles. The summed E-state index contributed by atoms with van der Waals surface area (Å²) < 4.78 is 3.14. The number of hydrogen-bond donors (Lipinski definition) is 0. The van der Waals surface area contributed by atoms with E-state index in [9.17, 15) is 9.59 Å². The Balaban J connectivity index is 1.83. The predicted molar refractivity (Wildman–Crippen MR) is 150 cm³/mol. The summed E-state index contributed by atoms with van der Waals surface area (Å²) in [6, 6.07) is 30.1. The molecule has 0 aliphatic carbocycles. The molecule has 1 saturated heterocycles. The van der Waals surface area contributed by atoms with Gasteiger partial charge >= 0.3 is 0 Å². The number of rotatable bonds is 4. The molecule has 1 aromatic heterocycles. The Morgan fingerprint density at radius 2 is 1.28 bits per heavy atom. The number of carbonyl (C=O) groups is 2. The standard InChI is InChI=1S/C29H22BrN3O2S/c1-31-27(34)24(28(35)32(2)29(31)36)17-21-18-25(19-9-5-3-6-10-19)33(23-15-13-22(30)14-16-23)26(21)20-11-7-4-8-12-20/h3-18H,1-2H3. The molecule has 0 N–H and O–H groups in total. The summed E-state index contributed by atoms with van der Waals surface area (Å²) in [5, 5.41) is 0.183. The van der Waals surface area contributed by atoms with Crippen LogP contribution in [0.5, 0.6) is 0 Å². The van der Waals surface area contributed by atoms with Crippen LogP contribution in [0.2, 0.25) is 0 Å². The number of nitrogens with zero attached hydrogens (tertiary/aromatic N) is 3. The van der Waals surface area contributed by atoms with Crippen molar-refractivity contribution in [3.05, 3.63) is 107 Å². The van der Waals surface area contributed by atoms with Gasteiger partial charge in [-0.15, -0.1) is 0 Å². The van der Waals surface area contributed by atoms with Crippen molar-refractivity contribution in [2.75, 3.05) is 14.1 Å². The zero-order chi connectivity index (χ0) is 25.4. The second-order valence-electron chi connectivity index (χ2n) is 8.45. The van der Waals surface area contributed by atoms with Crippen LogP contribution in [0, 0.1) is 0 Å². The summed E-state index contributed by atoms with van der Waals surface area (Å²) in [4.78, 5) is 28.9. The lowest BCUT2D eigenvalue weighted by Crippen LogP contribution is -2.52. The van der Waals surface area contributed by atoms with E-state index in [0.717, 1.165) is 38.2 Å². The van der Waals surface area contributed by atoms with E-state index in [1.807, 2.05) is 91.0 Å². The Bertz CT molecular complexity index is 1480. The smallest absolute Gasteiger partial charge is 0.265 e. The van der Waals surface area contributed by atoms with Crippen LogP contribution in [0.15, 0.2) is 101 Å². The van der Waals surface area contributed by atoms with Gasteiger partial charge in [-0.1, -0.05) is 76.6 Å². The molecule has 178 valence electrons. The number of carbonyl (C=O) groups excluding carboxylic acids is 2. The Hall–Kier alpha value is -3.81. The average molecular weight is 556 g/mol. The van der Waals surface area contributed by atoms with Gasteiger partial charge in [0, 0.05) is 29.8 Å². The fraction of sp³-hybridized carbons (Fsp3) is 0.0690. The summed E-state index contributed by atoms with van der Waals surface area (Å²) in [6.45, 7) is 0. The van der Waals surface area contributed by atoms with Gasteiger partial charge in [0.1, 0.15) is 5.57 Å². The average Bonchev–Trinajstić information content (AvgIpc) is 3.29. The van der Waals surface area contributed by atoms with Gasteiger partial charge in [-0.3, -0.25) is 19.4 Å². The van der Waals surface area contributed by atoms with Crippen molar-refractivity contribution in [1.29, 1.82) is 0 Å². The lowest BCUT2D eigenvalue weighted by Gasteiger charge is -2.31. The summed E-state index contributed by atoms with van der Waals surface area (Å²) in [5.41, 5.74) is 5.58. The molecule has 1 aliphatic rings. The van der Waals surface area contributed by atoms with Crippen LogP contribution in [0.3, 0.4) is 0 Å². The largest absolute Gasteiger partial charge is 0.309 e. The van der Waals surface area contributed by atoms with E-state index >= 15 is 0 Å². The fourth-order valence-corrected chi connectivity index (χ4v) is 4.77. The SMILES string of the molecule is CN1C(=O)C(=Cc2cc(-c3ccccc3)n(-c3ccc(Br)cc3)c2-c2ccccc2)C(=O)N(C)C1=S. The molecule has 7 heteroatoms.